The third kappa shape index (κ3) is 5.67. The van der Waals surface area contributed by atoms with Crippen LogP contribution in [0.4, 0.5) is 0 Å². The van der Waals surface area contributed by atoms with Crippen molar-refractivity contribution in [2.75, 3.05) is 13.6 Å². The first-order valence-corrected chi connectivity index (χ1v) is 7.13. The van der Waals surface area contributed by atoms with Crippen LogP contribution in [0.3, 0.4) is 0 Å². The molecule has 0 aliphatic carbocycles. The predicted molar refractivity (Wildman–Crippen MR) is 100 cm³/mol. The monoisotopic (exact) mass is 414 g/mol. The van der Waals surface area contributed by atoms with Crippen LogP contribution < -0.4 is 10.6 Å². The Hall–Kier alpha value is -1.57. The molecule has 0 atom stereocenters. The highest BCUT2D eigenvalue weighted by molar-refractivity contribution is 14.0. The molecule has 0 radical (unpaired) electrons. The van der Waals surface area contributed by atoms with E-state index in [-0.39, 0.29) is 24.0 Å². The van der Waals surface area contributed by atoms with Crippen molar-refractivity contribution in [3.05, 3.63) is 42.3 Å². The van der Waals surface area contributed by atoms with Gasteiger partial charge >= 0.3 is 0 Å². The number of nitrogens with zero attached hydrogens (tertiary/aromatic N) is 2. The fraction of sp³-hybridized carbons (Fsp3) is 0.375. The lowest BCUT2D eigenvalue weighted by molar-refractivity contribution is 0.571. The van der Waals surface area contributed by atoms with Crippen LogP contribution in [0, 0.1) is 5.92 Å². The summed E-state index contributed by atoms with van der Waals surface area (Å²) in [7, 11) is 1.76. The van der Waals surface area contributed by atoms with E-state index in [0.29, 0.717) is 18.4 Å². The molecule has 120 valence electrons. The summed E-state index contributed by atoms with van der Waals surface area (Å²) < 4.78 is 5.50. The Bertz CT molecular complexity index is 581. The van der Waals surface area contributed by atoms with E-state index in [1.165, 1.54) is 0 Å². The smallest absolute Gasteiger partial charge is 0.226 e. The zero-order valence-electron chi connectivity index (χ0n) is 13.2. The maximum atomic E-state index is 5.50. The number of aromatic nitrogens is 1. The highest BCUT2D eigenvalue weighted by atomic mass is 127. The fourth-order valence-electron chi connectivity index (χ4n) is 1.80. The summed E-state index contributed by atoms with van der Waals surface area (Å²) in [5.41, 5.74) is 1.83. The number of aliphatic imine (C=N–C) groups is 1. The van der Waals surface area contributed by atoms with E-state index in [4.69, 9.17) is 4.42 Å². The number of benzene rings is 1. The average Bonchev–Trinajstić information content (AvgIpc) is 2.97. The molecule has 5 nitrogen and oxygen atoms in total. The maximum Gasteiger partial charge on any atom is 0.226 e. The molecule has 1 aromatic carbocycles. The van der Waals surface area contributed by atoms with E-state index in [9.17, 15) is 0 Å². The second-order valence-corrected chi connectivity index (χ2v) is 5.21. The van der Waals surface area contributed by atoms with Crippen LogP contribution in [0.25, 0.3) is 11.5 Å². The number of hydrogen-bond acceptors (Lipinski definition) is 3. The molecule has 0 saturated carbocycles. The number of rotatable bonds is 5. The molecule has 0 bridgehead atoms. The minimum absolute atomic E-state index is 0. The lowest BCUT2D eigenvalue weighted by Crippen LogP contribution is -2.38. The van der Waals surface area contributed by atoms with Gasteiger partial charge in [-0.25, -0.2) is 4.98 Å². The van der Waals surface area contributed by atoms with Crippen molar-refractivity contribution in [2.45, 2.75) is 20.4 Å². The van der Waals surface area contributed by atoms with E-state index in [1.54, 1.807) is 13.3 Å². The van der Waals surface area contributed by atoms with Crippen LogP contribution in [-0.4, -0.2) is 24.5 Å². The number of halogens is 1. The minimum Gasteiger partial charge on any atom is -0.444 e. The Kier molecular flexibility index (Phi) is 7.94. The lowest BCUT2D eigenvalue weighted by atomic mass is 10.2. The molecular formula is C16H23IN4O. The standard InChI is InChI=1S/C16H22N4O.HI/c1-12(2)9-18-16(17-3)19-10-14-11-21-15(20-14)13-7-5-4-6-8-13;/h4-8,11-12H,9-10H2,1-3H3,(H2,17,18,19);1H. The van der Waals surface area contributed by atoms with Crippen LogP contribution in [-0.2, 0) is 6.54 Å². The zero-order chi connectivity index (χ0) is 15.1. The minimum atomic E-state index is 0. The van der Waals surface area contributed by atoms with Crippen LogP contribution in [0.2, 0.25) is 0 Å². The Morgan fingerprint density at radius 2 is 1.95 bits per heavy atom. The molecule has 0 saturated heterocycles. The lowest BCUT2D eigenvalue weighted by Gasteiger charge is -2.12. The SMILES string of the molecule is CN=C(NCc1coc(-c2ccccc2)n1)NCC(C)C.I. The van der Waals surface area contributed by atoms with Gasteiger partial charge in [-0.2, -0.15) is 0 Å². The molecule has 0 aliphatic rings. The van der Waals surface area contributed by atoms with Crippen molar-refractivity contribution in [1.82, 2.24) is 15.6 Å². The van der Waals surface area contributed by atoms with E-state index in [2.05, 4.69) is 34.5 Å². The molecule has 0 fully saturated rings. The third-order valence-corrected chi connectivity index (χ3v) is 2.91. The summed E-state index contributed by atoms with van der Waals surface area (Å²) in [5.74, 6) is 1.98. The Morgan fingerprint density at radius 1 is 1.23 bits per heavy atom. The average molecular weight is 414 g/mol. The first-order chi connectivity index (χ1) is 10.2. The molecule has 2 aromatic rings. The molecule has 2 N–H and O–H groups in total. The Balaban J connectivity index is 0.00000242. The molecule has 0 unspecified atom stereocenters. The van der Waals surface area contributed by atoms with Crippen molar-refractivity contribution in [1.29, 1.82) is 0 Å². The number of oxazole rings is 1. The summed E-state index contributed by atoms with van der Waals surface area (Å²) in [5, 5.41) is 6.48. The van der Waals surface area contributed by atoms with E-state index in [1.807, 2.05) is 30.3 Å². The highest BCUT2D eigenvalue weighted by Gasteiger charge is 2.07. The van der Waals surface area contributed by atoms with Gasteiger partial charge in [0.05, 0.1) is 12.2 Å². The normalized spacial score (nSPS) is 11.2. The summed E-state index contributed by atoms with van der Waals surface area (Å²) in [6, 6.07) is 9.86. The van der Waals surface area contributed by atoms with Crippen molar-refractivity contribution in [2.24, 2.45) is 10.9 Å². The van der Waals surface area contributed by atoms with Gasteiger partial charge < -0.3 is 15.1 Å². The van der Waals surface area contributed by atoms with Gasteiger partial charge in [-0.05, 0) is 18.1 Å². The van der Waals surface area contributed by atoms with E-state index < -0.39 is 0 Å². The van der Waals surface area contributed by atoms with Gasteiger partial charge in [0, 0.05) is 19.2 Å². The first kappa shape index (κ1) is 18.5. The van der Waals surface area contributed by atoms with Crippen molar-refractivity contribution < 1.29 is 4.42 Å². The summed E-state index contributed by atoms with van der Waals surface area (Å²) in [6.45, 7) is 5.77. The largest absolute Gasteiger partial charge is 0.444 e. The predicted octanol–water partition coefficient (Wildman–Crippen LogP) is 3.28. The number of nitrogens with one attached hydrogen (secondary N) is 2. The third-order valence-electron chi connectivity index (χ3n) is 2.91. The van der Waals surface area contributed by atoms with Gasteiger partial charge in [-0.3, -0.25) is 4.99 Å². The first-order valence-electron chi connectivity index (χ1n) is 7.13. The second kappa shape index (κ2) is 9.45. The second-order valence-electron chi connectivity index (χ2n) is 5.21. The molecule has 1 heterocycles. The molecule has 0 aliphatic heterocycles. The molecule has 1 aromatic heterocycles. The summed E-state index contributed by atoms with van der Waals surface area (Å²) in [4.78, 5) is 8.65. The topological polar surface area (TPSA) is 62.5 Å². The zero-order valence-corrected chi connectivity index (χ0v) is 15.5. The van der Waals surface area contributed by atoms with Crippen LogP contribution in [0.5, 0.6) is 0 Å². The Morgan fingerprint density at radius 3 is 2.59 bits per heavy atom. The van der Waals surface area contributed by atoms with Gasteiger partial charge in [0.1, 0.15) is 6.26 Å². The Labute approximate surface area is 148 Å². The van der Waals surface area contributed by atoms with E-state index >= 15 is 0 Å². The van der Waals surface area contributed by atoms with Crippen molar-refractivity contribution in [3.8, 4) is 11.5 Å². The summed E-state index contributed by atoms with van der Waals surface area (Å²) in [6.07, 6.45) is 1.67. The van der Waals surface area contributed by atoms with Crippen molar-refractivity contribution >= 4 is 29.9 Å². The molecule has 0 spiro atoms. The molecule has 0 amide bonds. The van der Waals surface area contributed by atoms with Crippen molar-refractivity contribution in [3.63, 3.8) is 0 Å². The van der Waals surface area contributed by atoms with E-state index in [0.717, 1.165) is 23.8 Å². The maximum absolute atomic E-state index is 5.50. The number of hydrogen-bond donors (Lipinski definition) is 2. The van der Waals surface area contributed by atoms with Crippen LogP contribution in [0.1, 0.15) is 19.5 Å². The quantitative estimate of drug-likeness (QED) is 0.448. The van der Waals surface area contributed by atoms with Crippen LogP contribution >= 0.6 is 24.0 Å². The molecular weight excluding hydrogens is 391 g/mol. The number of guanidine groups is 1. The highest BCUT2D eigenvalue weighted by Crippen LogP contribution is 2.17. The molecule has 2 rings (SSSR count). The molecule has 22 heavy (non-hydrogen) atoms. The van der Waals surface area contributed by atoms with Gasteiger partial charge in [-0.15, -0.1) is 24.0 Å². The van der Waals surface area contributed by atoms with Gasteiger partial charge in [-0.1, -0.05) is 32.0 Å². The fourth-order valence-corrected chi connectivity index (χ4v) is 1.80. The van der Waals surface area contributed by atoms with Gasteiger partial charge in [0.15, 0.2) is 5.96 Å². The molecule has 6 heteroatoms. The summed E-state index contributed by atoms with van der Waals surface area (Å²) >= 11 is 0. The van der Waals surface area contributed by atoms with Gasteiger partial charge in [0.2, 0.25) is 5.89 Å². The van der Waals surface area contributed by atoms with Gasteiger partial charge in [0.25, 0.3) is 0 Å². The van der Waals surface area contributed by atoms with Crippen LogP contribution in [0.15, 0.2) is 46.0 Å².